The Balaban J connectivity index is 1.69. The topological polar surface area (TPSA) is 76.2 Å². The van der Waals surface area contributed by atoms with Gasteiger partial charge in [0.05, 0.1) is 24.9 Å². The van der Waals surface area contributed by atoms with E-state index in [1.54, 1.807) is 14.2 Å². The Kier molecular flexibility index (Phi) is 7.22. The van der Waals surface area contributed by atoms with Crippen molar-refractivity contribution in [1.29, 1.82) is 0 Å². The molecule has 0 spiro atoms. The normalized spacial score (nSPS) is 12.2. The first kappa shape index (κ1) is 23.8. The molecule has 4 rings (SSSR count). The minimum Gasteiger partial charge on any atom is -0.493 e. The van der Waals surface area contributed by atoms with Gasteiger partial charge in [-0.2, -0.15) is 0 Å². The van der Waals surface area contributed by atoms with Gasteiger partial charge >= 0.3 is 0 Å². The molecule has 1 amide bonds. The monoisotopic (exact) mass is 477 g/mol. The third-order valence-electron chi connectivity index (χ3n) is 5.90. The van der Waals surface area contributed by atoms with E-state index in [9.17, 15) is 4.79 Å². The average molecular weight is 478 g/mol. The van der Waals surface area contributed by atoms with E-state index in [4.69, 9.17) is 9.47 Å². The summed E-state index contributed by atoms with van der Waals surface area (Å²) in [6.07, 6.45) is 2.89. The molecule has 178 valence electrons. The number of nitrogens with one attached hydrogen (secondary N) is 2. The first-order chi connectivity index (χ1) is 16.4. The molecule has 0 saturated heterocycles. The Bertz CT molecular complexity index is 1290. The summed E-state index contributed by atoms with van der Waals surface area (Å²) in [6, 6.07) is 14.0. The maximum absolute atomic E-state index is 13.2. The number of rotatable bonds is 9. The predicted octanol–water partition coefficient (Wildman–Crippen LogP) is 5.71. The largest absolute Gasteiger partial charge is 0.493 e. The molecule has 2 heterocycles. The van der Waals surface area contributed by atoms with Gasteiger partial charge in [-0.05, 0) is 30.5 Å². The van der Waals surface area contributed by atoms with Crippen LogP contribution in [-0.4, -0.2) is 36.6 Å². The molecular formula is C27H31N3O3S. The lowest BCUT2D eigenvalue weighted by Crippen LogP contribution is -2.29. The predicted molar refractivity (Wildman–Crippen MR) is 137 cm³/mol. The number of aromatic amines is 1. The average Bonchev–Trinajstić information content (AvgIpc) is 3.41. The summed E-state index contributed by atoms with van der Waals surface area (Å²) >= 11 is 1.48. The summed E-state index contributed by atoms with van der Waals surface area (Å²) in [5.74, 6) is 1.58. The van der Waals surface area contributed by atoms with E-state index in [0.29, 0.717) is 28.8 Å². The van der Waals surface area contributed by atoms with E-state index in [2.05, 4.69) is 35.2 Å². The molecule has 4 aromatic rings. The minimum absolute atomic E-state index is 0.100. The number of hydrogen-bond donors (Lipinski definition) is 2. The number of carbonyl (C=O) groups excluding carboxylic acids is 1. The SMILES string of the molecule is COc1cccc(C(CNC(=O)c2sc(CC(C)C)nc2C)c2c[nH]c3ccccc23)c1OC. The third-order valence-corrected chi connectivity index (χ3v) is 7.08. The number of methoxy groups -OCH3 is 2. The zero-order valence-electron chi connectivity index (χ0n) is 20.3. The van der Waals surface area contributed by atoms with Crippen LogP contribution in [0.5, 0.6) is 11.5 Å². The highest BCUT2D eigenvalue weighted by atomic mass is 32.1. The van der Waals surface area contributed by atoms with Gasteiger partial charge in [0.25, 0.3) is 5.91 Å². The fourth-order valence-electron chi connectivity index (χ4n) is 4.33. The lowest BCUT2D eigenvalue weighted by atomic mass is 9.89. The van der Waals surface area contributed by atoms with Gasteiger partial charge in [0, 0.05) is 41.5 Å². The smallest absolute Gasteiger partial charge is 0.263 e. The molecule has 7 heteroatoms. The van der Waals surface area contributed by atoms with Gasteiger partial charge in [-0.25, -0.2) is 4.98 Å². The number of aromatic nitrogens is 2. The van der Waals surface area contributed by atoms with Gasteiger partial charge in [-0.1, -0.05) is 44.2 Å². The van der Waals surface area contributed by atoms with Crippen molar-refractivity contribution >= 4 is 28.1 Å². The number of para-hydroxylation sites is 2. The van der Waals surface area contributed by atoms with Gasteiger partial charge in [0.15, 0.2) is 11.5 Å². The van der Waals surface area contributed by atoms with Crippen LogP contribution in [0.3, 0.4) is 0 Å². The van der Waals surface area contributed by atoms with Crippen LogP contribution in [0.1, 0.15) is 51.3 Å². The Hall–Kier alpha value is -3.32. The molecule has 2 N–H and O–H groups in total. The van der Waals surface area contributed by atoms with Crippen LogP contribution in [0.4, 0.5) is 0 Å². The van der Waals surface area contributed by atoms with Crippen LogP contribution in [-0.2, 0) is 6.42 Å². The molecule has 34 heavy (non-hydrogen) atoms. The maximum Gasteiger partial charge on any atom is 0.263 e. The quantitative estimate of drug-likeness (QED) is 0.324. The van der Waals surface area contributed by atoms with Gasteiger partial charge in [0.1, 0.15) is 4.88 Å². The molecule has 2 aromatic heterocycles. The summed E-state index contributed by atoms with van der Waals surface area (Å²) in [5.41, 5.74) is 3.87. The summed E-state index contributed by atoms with van der Waals surface area (Å²) in [5, 5.41) is 5.28. The first-order valence-electron chi connectivity index (χ1n) is 11.4. The second-order valence-corrected chi connectivity index (χ2v) is 9.84. The molecule has 6 nitrogen and oxygen atoms in total. The Labute approximate surface area is 204 Å². The van der Waals surface area contributed by atoms with Gasteiger partial charge in [-0.3, -0.25) is 4.79 Å². The highest BCUT2D eigenvalue weighted by Crippen LogP contribution is 2.40. The number of fused-ring (bicyclic) bond motifs is 1. The van der Waals surface area contributed by atoms with Crippen LogP contribution in [0, 0.1) is 12.8 Å². The van der Waals surface area contributed by atoms with Gasteiger partial charge in [0.2, 0.25) is 0 Å². The van der Waals surface area contributed by atoms with Crippen LogP contribution < -0.4 is 14.8 Å². The molecule has 0 radical (unpaired) electrons. The van der Waals surface area contributed by atoms with Crippen LogP contribution in [0.25, 0.3) is 10.9 Å². The van der Waals surface area contributed by atoms with E-state index in [1.807, 2.05) is 49.5 Å². The number of amides is 1. The van der Waals surface area contributed by atoms with Gasteiger partial charge in [-0.15, -0.1) is 11.3 Å². The number of aryl methyl sites for hydroxylation is 1. The van der Waals surface area contributed by atoms with Crippen molar-refractivity contribution in [1.82, 2.24) is 15.3 Å². The van der Waals surface area contributed by atoms with Crippen LogP contribution in [0.15, 0.2) is 48.7 Å². The third kappa shape index (κ3) is 4.80. The van der Waals surface area contributed by atoms with E-state index < -0.39 is 0 Å². The number of H-pyrrole nitrogens is 1. The summed E-state index contributed by atoms with van der Waals surface area (Å²) < 4.78 is 11.3. The molecule has 0 aliphatic carbocycles. The molecule has 1 atom stereocenters. The molecule has 1 unspecified atom stereocenters. The number of carbonyl (C=O) groups is 1. The van der Waals surface area contributed by atoms with E-state index in [-0.39, 0.29) is 11.8 Å². The lowest BCUT2D eigenvalue weighted by molar-refractivity contribution is 0.0955. The molecule has 0 aliphatic heterocycles. The van der Waals surface area contributed by atoms with Crippen molar-refractivity contribution in [3.05, 3.63) is 75.4 Å². The zero-order chi connectivity index (χ0) is 24.2. The van der Waals surface area contributed by atoms with Crippen LogP contribution >= 0.6 is 11.3 Å². The minimum atomic E-state index is -0.145. The first-order valence-corrected chi connectivity index (χ1v) is 12.3. The second-order valence-electron chi connectivity index (χ2n) is 8.76. The van der Waals surface area contributed by atoms with Gasteiger partial charge < -0.3 is 19.8 Å². The zero-order valence-corrected chi connectivity index (χ0v) is 21.1. The van der Waals surface area contributed by atoms with Crippen molar-refractivity contribution in [2.24, 2.45) is 5.92 Å². The van der Waals surface area contributed by atoms with E-state index >= 15 is 0 Å². The molecular weight excluding hydrogens is 446 g/mol. The summed E-state index contributed by atoms with van der Waals surface area (Å²) in [6.45, 7) is 6.62. The Morgan fingerprint density at radius 3 is 2.62 bits per heavy atom. The van der Waals surface area contributed by atoms with Crippen molar-refractivity contribution < 1.29 is 14.3 Å². The molecule has 0 aliphatic rings. The highest BCUT2D eigenvalue weighted by Gasteiger charge is 2.25. The number of nitrogens with zero attached hydrogens (tertiary/aromatic N) is 1. The molecule has 0 fully saturated rings. The maximum atomic E-state index is 13.2. The lowest BCUT2D eigenvalue weighted by Gasteiger charge is -2.22. The standard InChI is InChI=1S/C27H31N3O3S/c1-16(2)13-24-30-17(3)26(34-24)27(31)29-15-21(19-10-8-12-23(32-4)25(19)33-5)20-14-28-22-11-7-6-9-18(20)22/h6-12,14,16,21,28H,13,15H2,1-5H3,(H,29,31). The summed E-state index contributed by atoms with van der Waals surface area (Å²) in [7, 11) is 3.27. The Morgan fingerprint density at radius 1 is 1.09 bits per heavy atom. The number of benzene rings is 2. The fraction of sp³-hybridized carbons (Fsp3) is 0.333. The number of thiazole rings is 1. The number of hydrogen-bond acceptors (Lipinski definition) is 5. The van der Waals surface area contributed by atoms with E-state index in [0.717, 1.165) is 39.2 Å². The highest BCUT2D eigenvalue weighted by molar-refractivity contribution is 7.13. The Morgan fingerprint density at radius 2 is 1.88 bits per heavy atom. The molecule has 0 saturated carbocycles. The molecule has 0 bridgehead atoms. The molecule has 2 aromatic carbocycles. The van der Waals surface area contributed by atoms with Crippen molar-refractivity contribution in [3.63, 3.8) is 0 Å². The fourth-order valence-corrected chi connectivity index (χ4v) is 5.52. The second kappa shape index (κ2) is 10.3. The summed E-state index contributed by atoms with van der Waals surface area (Å²) in [4.78, 5) is 21.9. The van der Waals surface area contributed by atoms with Crippen molar-refractivity contribution in [3.8, 4) is 11.5 Å². The number of ether oxygens (including phenoxy) is 2. The van der Waals surface area contributed by atoms with Crippen molar-refractivity contribution in [2.45, 2.75) is 33.1 Å². The van der Waals surface area contributed by atoms with Crippen LogP contribution in [0.2, 0.25) is 0 Å². The van der Waals surface area contributed by atoms with Crippen molar-refractivity contribution in [2.75, 3.05) is 20.8 Å². The van der Waals surface area contributed by atoms with E-state index in [1.165, 1.54) is 11.3 Å².